The second kappa shape index (κ2) is 14.5. The minimum atomic E-state index is -0.512. The molecule has 1 unspecified atom stereocenters. The number of halogens is 2. The Hall–Kier alpha value is -4.11. The Morgan fingerprint density at radius 2 is 1.73 bits per heavy atom. The van der Waals surface area contributed by atoms with Gasteiger partial charge in [0.15, 0.2) is 0 Å². The number of hydrogen-bond acceptors (Lipinski definition) is 5. The van der Waals surface area contributed by atoms with Crippen LogP contribution in [-0.2, 0) is 9.59 Å². The smallest absolute Gasteiger partial charge is 0.272 e. The van der Waals surface area contributed by atoms with Crippen LogP contribution in [0, 0.1) is 0 Å². The number of aromatic nitrogens is 1. The van der Waals surface area contributed by atoms with E-state index in [0.29, 0.717) is 39.0 Å². The highest BCUT2D eigenvalue weighted by Crippen LogP contribution is 2.30. The van der Waals surface area contributed by atoms with Gasteiger partial charge >= 0.3 is 0 Å². The standard InChI is InChI=1S/C31H26Cl2N4O3S/c1-2-28(31(40)36-26-14-13-22(32)17-25(26)33)41-24-12-6-11-23(18-24)35-30(39)27(16-20-8-7-15-34-19-20)37-29(38)21-9-4-3-5-10-21/h3-19,28H,2H2,1H3,(H,35,39)(H,36,40)(H,37,38)/b27-16-. The number of rotatable bonds is 10. The highest BCUT2D eigenvalue weighted by atomic mass is 35.5. The molecule has 0 aliphatic rings. The molecule has 10 heteroatoms. The van der Waals surface area contributed by atoms with Crippen LogP contribution in [0.2, 0.25) is 10.0 Å². The molecule has 4 rings (SSSR count). The Morgan fingerprint density at radius 3 is 2.44 bits per heavy atom. The van der Waals surface area contributed by atoms with Gasteiger partial charge in [-0.05, 0) is 72.7 Å². The van der Waals surface area contributed by atoms with Crippen LogP contribution in [0.15, 0.2) is 108 Å². The molecule has 0 aliphatic heterocycles. The fraction of sp³-hybridized carbons (Fsp3) is 0.0968. The molecule has 0 aliphatic carbocycles. The second-order valence-electron chi connectivity index (χ2n) is 8.77. The Balaban J connectivity index is 1.48. The Bertz CT molecular complexity index is 1570. The predicted molar refractivity (Wildman–Crippen MR) is 166 cm³/mol. The summed E-state index contributed by atoms with van der Waals surface area (Å²) >= 11 is 13.5. The van der Waals surface area contributed by atoms with E-state index in [0.717, 1.165) is 4.90 Å². The van der Waals surface area contributed by atoms with Crippen LogP contribution in [0.3, 0.4) is 0 Å². The monoisotopic (exact) mass is 604 g/mol. The van der Waals surface area contributed by atoms with E-state index < -0.39 is 17.1 Å². The molecule has 0 fully saturated rings. The molecule has 3 amide bonds. The summed E-state index contributed by atoms with van der Waals surface area (Å²) in [7, 11) is 0. The lowest BCUT2D eigenvalue weighted by Crippen LogP contribution is -2.30. The van der Waals surface area contributed by atoms with Gasteiger partial charge in [-0.25, -0.2) is 0 Å². The van der Waals surface area contributed by atoms with Gasteiger partial charge < -0.3 is 16.0 Å². The van der Waals surface area contributed by atoms with Gasteiger partial charge in [0.2, 0.25) is 5.91 Å². The first kappa shape index (κ1) is 29.9. The largest absolute Gasteiger partial charge is 0.324 e. The number of carbonyl (C=O) groups excluding carboxylic acids is 3. The Kier molecular flexibility index (Phi) is 10.6. The van der Waals surface area contributed by atoms with E-state index in [9.17, 15) is 14.4 Å². The van der Waals surface area contributed by atoms with E-state index in [1.807, 2.05) is 13.0 Å². The van der Waals surface area contributed by atoms with Crippen molar-refractivity contribution in [3.8, 4) is 0 Å². The molecule has 4 aromatic rings. The third-order valence-corrected chi connectivity index (χ3v) is 7.65. The topological polar surface area (TPSA) is 100 Å². The fourth-order valence-corrected chi connectivity index (χ4v) is 5.18. The maximum atomic E-state index is 13.3. The van der Waals surface area contributed by atoms with Crippen LogP contribution < -0.4 is 16.0 Å². The summed E-state index contributed by atoms with van der Waals surface area (Å²) in [4.78, 5) is 44.0. The average molecular weight is 606 g/mol. The first-order valence-electron chi connectivity index (χ1n) is 12.6. The molecular formula is C31H26Cl2N4O3S. The van der Waals surface area contributed by atoms with E-state index >= 15 is 0 Å². The maximum Gasteiger partial charge on any atom is 0.272 e. The fourth-order valence-electron chi connectivity index (χ4n) is 3.71. The summed E-state index contributed by atoms with van der Waals surface area (Å²) in [5.41, 5.74) is 2.09. The number of pyridine rings is 1. The van der Waals surface area contributed by atoms with E-state index in [1.54, 1.807) is 97.3 Å². The maximum absolute atomic E-state index is 13.3. The molecule has 3 N–H and O–H groups in total. The molecule has 41 heavy (non-hydrogen) atoms. The van der Waals surface area contributed by atoms with Gasteiger partial charge in [0.25, 0.3) is 11.8 Å². The summed E-state index contributed by atoms with van der Waals surface area (Å²) in [6, 6.07) is 24.2. The summed E-state index contributed by atoms with van der Waals surface area (Å²) in [6.07, 6.45) is 5.33. The van der Waals surface area contributed by atoms with Crippen LogP contribution in [0.1, 0.15) is 29.3 Å². The van der Waals surface area contributed by atoms with Gasteiger partial charge in [-0.2, -0.15) is 0 Å². The van der Waals surface area contributed by atoms with Gasteiger partial charge in [-0.15, -0.1) is 11.8 Å². The van der Waals surface area contributed by atoms with Gasteiger partial charge in [0, 0.05) is 33.6 Å². The molecule has 1 atom stereocenters. The summed E-state index contributed by atoms with van der Waals surface area (Å²) in [5.74, 6) is -1.14. The zero-order chi connectivity index (χ0) is 29.2. The predicted octanol–water partition coefficient (Wildman–Crippen LogP) is 7.31. The van der Waals surface area contributed by atoms with Crippen molar-refractivity contribution in [3.05, 3.63) is 124 Å². The van der Waals surface area contributed by atoms with Crippen LogP contribution in [0.5, 0.6) is 0 Å². The molecular weight excluding hydrogens is 579 g/mol. The number of amides is 3. The highest BCUT2D eigenvalue weighted by molar-refractivity contribution is 8.00. The molecule has 1 aromatic heterocycles. The van der Waals surface area contributed by atoms with Crippen molar-refractivity contribution in [1.29, 1.82) is 0 Å². The number of carbonyl (C=O) groups is 3. The molecule has 0 saturated carbocycles. The quantitative estimate of drug-likeness (QED) is 0.130. The van der Waals surface area contributed by atoms with Gasteiger partial charge in [-0.1, -0.05) is 60.5 Å². The average Bonchev–Trinajstić information content (AvgIpc) is 2.98. The molecule has 0 bridgehead atoms. The van der Waals surface area contributed by atoms with Crippen molar-refractivity contribution in [2.24, 2.45) is 0 Å². The lowest BCUT2D eigenvalue weighted by atomic mass is 10.2. The number of hydrogen-bond donors (Lipinski definition) is 3. The van der Waals surface area contributed by atoms with Crippen LogP contribution in [0.4, 0.5) is 11.4 Å². The van der Waals surface area contributed by atoms with E-state index in [-0.39, 0.29) is 11.6 Å². The van der Waals surface area contributed by atoms with Crippen molar-refractivity contribution in [2.75, 3.05) is 10.6 Å². The molecule has 0 radical (unpaired) electrons. The van der Waals surface area contributed by atoms with Crippen LogP contribution >= 0.6 is 35.0 Å². The minimum Gasteiger partial charge on any atom is -0.324 e. The lowest BCUT2D eigenvalue weighted by Gasteiger charge is -2.16. The van der Waals surface area contributed by atoms with E-state index in [2.05, 4.69) is 20.9 Å². The molecule has 7 nitrogen and oxygen atoms in total. The second-order valence-corrected chi connectivity index (χ2v) is 10.9. The first-order valence-corrected chi connectivity index (χ1v) is 14.3. The number of benzene rings is 3. The number of anilines is 2. The summed E-state index contributed by atoms with van der Waals surface area (Å²) in [6.45, 7) is 1.91. The van der Waals surface area contributed by atoms with Crippen LogP contribution in [-0.4, -0.2) is 28.0 Å². The SMILES string of the molecule is CCC(Sc1cccc(NC(=O)/C(=C/c2cccnc2)NC(=O)c2ccccc2)c1)C(=O)Nc1ccc(Cl)cc1Cl. The molecule has 0 saturated heterocycles. The van der Waals surface area contributed by atoms with Gasteiger partial charge in [0.05, 0.1) is 16.0 Å². The van der Waals surface area contributed by atoms with Crippen LogP contribution in [0.25, 0.3) is 6.08 Å². The number of nitrogens with one attached hydrogen (secondary N) is 3. The van der Waals surface area contributed by atoms with Gasteiger partial charge in [-0.3, -0.25) is 19.4 Å². The Morgan fingerprint density at radius 1 is 0.927 bits per heavy atom. The molecule has 0 spiro atoms. The highest BCUT2D eigenvalue weighted by Gasteiger charge is 2.20. The zero-order valence-corrected chi connectivity index (χ0v) is 24.3. The Labute approximate surface area is 252 Å². The van der Waals surface area contributed by atoms with E-state index in [4.69, 9.17) is 23.2 Å². The van der Waals surface area contributed by atoms with Gasteiger partial charge in [0.1, 0.15) is 5.70 Å². The zero-order valence-electron chi connectivity index (χ0n) is 21.9. The lowest BCUT2D eigenvalue weighted by molar-refractivity contribution is -0.116. The normalized spacial score (nSPS) is 11.8. The summed E-state index contributed by atoms with van der Waals surface area (Å²) < 4.78 is 0. The number of nitrogens with zero attached hydrogens (tertiary/aromatic N) is 1. The van der Waals surface area contributed by atoms with Crippen molar-refractivity contribution >= 4 is 70.1 Å². The molecule has 3 aromatic carbocycles. The van der Waals surface area contributed by atoms with Crippen molar-refractivity contribution < 1.29 is 14.4 Å². The minimum absolute atomic E-state index is 0.0514. The first-order chi connectivity index (χ1) is 19.8. The number of thioether (sulfide) groups is 1. The third kappa shape index (κ3) is 8.69. The van der Waals surface area contributed by atoms with Crippen molar-refractivity contribution in [1.82, 2.24) is 10.3 Å². The summed E-state index contributed by atoms with van der Waals surface area (Å²) in [5, 5.41) is 8.82. The molecule has 208 valence electrons. The van der Waals surface area contributed by atoms with Crippen molar-refractivity contribution in [3.63, 3.8) is 0 Å². The third-order valence-electron chi connectivity index (χ3n) is 5.75. The van der Waals surface area contributed by atoms with E-state index in [1.165, 1.54) is 11.8 Å². The molecule has 1 heterocycles. The van der Waals surface area contributed by atoms with Crippen molar-refractivity contribution in [2.45, 2.75) is 23.5 Å².